The lowest BCUT2D eigenvalue weighted by Gasteiger charge is -2.29. The van der Waals surface area contributed by atoms with Gasteiger partial charge in [-0.2, -0.15) is 5.10 Å². The second-order valence-electron chi connectivity index (χ2n) is 3.68. The standard InChI is InChI=1S/C9H14IN3/c1-12-5-2-3-8(7-12)13-6-4-9(10)11-13/h4,6,8H,2-3,5,7H2,1H3. The summed E-state index contributed by atoms with van der Waals surface area (Å²) in [5.74, 6) is 0. The first-order chi connectivity index (χ1) is 6.25. The van der Waals surface area contributed by atoms with Gasteiger partial charge < -0.3 is 4.90 Å². The molecule has 0 spiro atoms. The van der Waals surface area contributed by atoms with Crippen LogP contribution in [-0.4, -0.2) is 34.8 Å². The summed E-state index contributed by atoms with van der Waals surface area (Å²) in [5, 5.41) is 4.45. The van der Waals surface area contributed by atoms with E-state index in [1.54, 1.807) is 0 Å². The molecule has 2 heterocycles. The van der Waals surface area contributed by atoms with E-state index in [9.17, 15) is 0 Å². The van der Waals surface area contributed by atoms with Crippen LogP contribution in [0.5, 0.6) is 0 Å². The lowest BCUT2D eigenvalue weighted by molar-refractivity contribution is 0.202. The highest BCUT2D eigenvalue weighted by molar-refractivity contribution is 14.1. The molecule has 3 nitrogen and oxygen atoms in total. The molecule has 1 atom stereocenters. The van der Waals surface area contributed by atoms with Crippen molar-refractivity contribution in [1.29, 1.82) is 0 Å². The molecule has 1 aromatic rings. The van der Waals surface area contributed by atoms with Gasteiger partial charge in [0.2, 0.25) is 0 Å². The Morgan fingerprint density at radius 3 is 3.08 bits per heavy atom. The molecule has 1 fully saturated rings. The van der Waals surface area contributed by atoms with Crippen molar-refractivity contribution in [2.45, 2.75) is 18.9 Å². The van der Waals surface area contributed by atoms with Gasteiger partial charge in [0.25, 0.3) is 0 Å². The predicted octanol–water partition coefficient (Wildman–Crippen LogP) is 1.75. The smallest absolute Gasteiger partial charge is 0.123 e. The molecule has 0 aromatic carbocycles. The Labute approximate surface area is 92.2 Å². The summed E-state index contributed by atoms with van der Waals surface area (Å²) in [7, 11) is 2.18. The van der Waals surface area contributed by atoms with Crippen LogP contribution in [0.15, 0.2) is 12.3 Å². The van der Waals surface area contributed by atoms with Crippen LogP contribution in [0.25, 0.3) is 0 Å². The Morgan fingerprint density at radius 2 is 2.46 bits per heavy atom. The zero-order valence-electron chi connectivity index (χ0n) is 7.78. The number of hydrogen-bond donors (Lipinski definition) is 0. The third-order valence-electron chi connectivity index (χ3n) is 2.55. The van der Waals surface area contributed by atoms with Gasteiger partial charge in [0.05, 0.1) is 6.04 Å². The van der Waals surface area contributed by atoms with Crippen molar-refractivity contribution in [3.8, 4) is 0 Å². The van der Waals surface area contributed by atoms with Crippen LogP contribution in [0.1, 0.15) is 18.9 Å². The van der Waals surface area contributed by atoms with Gasteiger partial charge in [-0.25, -0.2) is 0 Å². The zero-order chi connectivity index (χ0) is 9.26. The molecule has 1 unspecified atom stereocenters. The van der Waals surface area contributed by atoms with Crippen molar-refractivity contribution < 1.29 is 0 Å². The summed E-state index contributed by atoms with van der Waals surface area (Å²) in [6, 6.07) is 2.65. The first-order valence-corrected chi connectivity index (χ1v) is 5.73. The minimum absolute atomic E-state index is 0.585. The fourth-order valence-electron chi connectivity index (χ4n) is 1.87. The van der Waals surface area contributed by atoms with Gasteiger partial charge in [-0.05, 0) is 55.1 Å². The van der Waals surface area contributed by atoms with Crippen molar-refractivity contribution >= 4 is 22.6 Å². The van der Waals surface area contributed by atoms with Crippen molar-refractivity contribution in [1.82, 2.24) is 14.7 Å². The fourth-order valence-corrected chi connectivity index (χ4v) is 2.28. The van der Waals surface area contributed by atoms with Gasteiger partial charge in [0.15, 0.2) is 0 Å². The molecule has 2 rings (SSSR count). The molecule has 1 aromatic heterocycles. The Kier molecular flexibility index (Phi) is 2.88. The Morgan fingerprint density at radius 1 is 1.62 bits per heavy atom. The van der Waals surface area contributed by atoms with Crippen LogP contribution in [0.4, 0.5) is 0 Å². The van der Waals surface area contributed by atoms with Crippen molar-refractivity contribution in [3.63, 3.8) is 0 Å². The maximum atomic E-state index is 4.45. The number of aromatic nitrogens is 2. The minimum atomic E-state index is 0.585. The summed E-state index contributed by atoms with van der Waals surface area (Å²) >= 11 is 2.26. The summed E-state index contributed by atoms with van der Waals surface area (Å²) in [5.41, 5.74) is 0. The van der Waals surface area contributed by atoms with Crippen molar-refractivity contribution in [2.75, 3.05) is 20.1 Å². The van der Waals surface area contributed by atoms with Gasteiger partial charge >= 0.3 is 0 Å². The topological polar surface area (TPSA) is 21.1 Å². The molecule has 1 aliphatic heterocycles. The fraction of sp³-hybridized carbons (Fsp3) is 0.667. The van der Waals surface area contributed by atoms with Gasteiger partial charge in [-0.15, -0.1) is 0 Å². The monoisotopic (exact) mass is 291 g/mol. The molecule has 1 aliphatic rings. The Balaban J connectivity index is 2.08. The minimum Gasteiger partial charge on any atom is -0.304 e. The summed E-state index contributed by atoms with van der Waals surface area (Å²) in [6.45, 7) is 2.37. The lowest BCUT2D eigenvalue weighted by atomic mass is 10.1. The molecule has 0 aliphatic carbocycles. The van der Waals surface area contributed by atoms with Crippen molar-refractivity contribution in [3.05, 3.63) is 16.0 Å². The van der Waals surface area contributed by atoms with E-state index in [-0.39, 0.29) is 0 Å². The second-order valence-corrected chi connectivity index (χ2v) is 4.78. The summed E-state index contributed by atoms with van der Waals surface area (Å²) < 4.78 is 3.20. The molecule has 1 saturated heterocycles. The molecule has 0 bridgehead atoms. The van der Waals surface area contributed by atoms with Gasteiger partial charge in [0.1, 0.15) is 3.70 Å². The first-order valence-electron chi connectivity index (χ1n) is 4.65. The van der Waals surface area contributed by atoms with E-state index in [4.69, 9.17) is 0 Å². The van der Waals surface area contributed by atoms with Crippen LogP contribution in [0.2, 0.25) is 0 Å². The lowest BCUT2D eigenvalue weighted by Crippen LogP contribution is -2.33. The normalized spacial score (nSPS) is 24.9. The van der Waals surface area contributed by atoms with Gasteiger partial charge in [0, 0.05) is 12.7 Å². The Bertz CT molecular complexity index is 284. The summed E-state index contributed by atoms with van der Waals surface area (Å²) in [6.07, 6.45) is 4.64. The number of halogens is 1. The molecule has 13 heavy (non-hydrogen) atoms. The van der Waals surface area contributed by atoms with E-state index in [1.165, 1.54) is 19.4 Å². The molecular weight excluding hydrogens is 277 g/mol. The maximum Gasteiger partial charge on any atom is 0.123 e. The van der Waals surface area contributed by atoms with E-state index in [2.05, 4.69) is 56.6 Å². The van der Waals surface area contributed by atoms with Crippen LogP contribution in [0, 0.1) is 3.70 Å². The number of hydrogen-bond acceptors (Lipinski definition) is 2. The van der Waals surface area contributed by atoms with E-state index in [0.717, 1.165) is 10.2 Å². The highest BCUT2D eigenvalue weighted by atomic mass is 127. The number of likely N-dealkylation sites (N-methyl/N-ethyl adjacent to an activating group) is 1. The molecular formula is C9H14IN3. The molecule has 72 valence electrons. The van der Waals surface area contributed by atoms with E-state index < -0.39 is 0 Å². The van der Waals surface area contributed by atoms with Gasteiger partial charge in [-0.3, -0.25) is 4.68 Å². The number of piperidine rings is 1. The third-order valence-corrected chi connectivity index (χ3v) is 3.12. The summed E-state index contributed by atoms with van der Waals surface area (Å²) in [4.78, 5) is 2.38. The van der Waals surface area contributed by atoms with Crippen LogP contribution in [-0.2, 0) is 0 Å². The zero-order valence-corrected chi connectivity index (χ0v) is 9.94. The largest absolute Gasteiger partial charge is 0.304 e. The average molecular weight is 291 g/mol. The van der Waals surface area contributed by atoms with Crippen molar-refractivity contribution in [2.24, 2.45) is 0 Å². The predicted molar refractivity (Wildman–Crippen MR) is 60.7 cm³/mol. The maximum absolute atomic E-state index is 4.45. The van der Waals surface area contributed by atoms with E-state index in [1.807, 2.05) is 0 Å². The van der Waals surface area contributed by atoms with E-state index in [0.29, 0.717) is 6.04 Å². The molecule has 0 amide bonds. The van der Waals surface area contributed by atoms with E-state index >= 15 is 0 Å². The quantitative estimate of drug-likeness (QED) is 0.735. The highest BCUT2D eigenvalue weighted by Gasteiger charge is 2.18. The number of nitrogens with zero attached hydrogens (tertiary/aromatic N) is 3. The third kappa shape index (κ3) is 2.22. The molecule has 0 radical (unpaired) electrons. The van der Waals surface area contributed by atoms with Gasteiger partial charge in [-0.1, -0.05) is 0 Å². The van der Waals surface area contributed by atoms with Crippen LogP contribution >= 0.6 is 22.6 Å². The molecule has 4 heteroatoms. The second kappa shape index (κ2) is 3.96. The Hall–Kier alpha value is -0.100. The number of rotatable bonds is 1. The van der Waals surface area contributed by atoms with Crippen LogP contribution < -0.4 is 0 Å². The highest BCUT2D eigenvalue weighted by Crippen LogP contribution is 2.19. The molecule has 0 N–H and O–H groups in total. The first kappa shape index (κ1) is 9.45. The number of likely N-dealkylation sites (tertiary alicyclic amines) is 1. The SMILES string of the molecule is CN1CCCC(n2ccc(I)n2)C1. The molecule has 0 saturated carbocycles. The average Bonchev–Trinajstić information content (AvgIpc) is 2.52. The van der Waals surface area contributed by atoms with Crippen LogP contribution in [0.3, 0.4) is 0 Å².